The molecule has 2 aromatic heterocycles. The maximum Gasteiger partial charge on any atom is 0.0979 e. The molecule has 0 unspecified atom stereocenters. The van der Waals surface area contributed by atoms with E-state index in [-0.39, 0.29) is 0 Å². The Kier molecular flexibility index (Phi) is 2.04. The molecule has 0 saturated heterocycles. The molecule has 0 bridgehead atoms. The second kappa shape index (κ2) is 3.42. The zero-order valence-electron chi connectivity index (χ0n) is 8.74. The summed E-state index contributed by atoms with van der Waals surface area (Å²) in [5.41, 5.74) is 2.99. The van der Waals surface area contributed by atoms with Gasteiger partial charge in [0, 0.05) is 23.2 Å². The Bertz CT molecular complexity index is 631. The fourth-order valence-electron chi connectivity index (χ4n) is 1.93. The summed E-state index contributed by atoms with van der Waals surface area (Å²) in [7, 11) is 0. The van der Waals surface area contributed by atoms with Crippen LogP contribution in [0.15, 0.2) is 36.7 Å². The van der Waals surface area contributed by atoms with Gasteiger partial charge in [0.05, 0.1) is 16.1 Å². The zero-order valence-corrected chi connectivity index (χ0v) is 9.49. The van der Waals surface area contributed by atoms with E-state index in [0.29, 0.717) is 0 Å². The molecule has 2 heterocycles. The van der Waals surface area contributed by atoms with Crippen molar-refractivity contribution in [3.63, 3.8) is 0 Å². The average molecular weight is 229 g/mol. The van der Waals surface area contributed by atoms with E-state index in [1.54, 1.807) is 18.5 Å². The molecule has 16 heavy (non-hydrogen) atoms. The van der Waals surface area contributed by atoms with Gasteiger partial charge in [0.25, 0.3) is 0 Å². The summed E-state index contributed by atoms with van der Waals surface area (Å²) in [6.07, 6.45) is 3.52. The van der Waals surface area contributed by atoms with Gasteiger partial charge in [-0.3, -0.25) is 9.97 Å². The summed E-state index contributed by atoms with van der Waals surface area (Å²) in [6.45, 7) is 2.07. The first-order valence-corrected chi connectivity index (χ1v) is 5.44. The highest BCUT2D eigenvalue weighted by Gasteiger charge is 2.06. The van der Waals surface area contributed by atoms with E-state index in [1.165, 1.54) is 5.56 Å². The van der Waals surface area contributed by atoms with Crippen LogP contribution < -0.4 is 0 Å². The summed E-state index contributed by atoms with van der Waals surface area (Å²) in [5, 5.41) is 2.80. The van der Waals surface area contributed by atoms with Crippen LogP contribution in [0.25, 0.3) is 21.8 Å². The van der Waals surface area contributed by atoms with Crippen LogP contribution in [0.2, 0.25) is 5.02 Å². The van der Waals surface area contributed by atoms with Crippen molar-refractivity contribution in [3.05, 3.63) is 47.2 Å². The van der Waals surface area contributed by atoms with Crippen LogP contribution in [-0.2, 0) is 0 Å². The molecule has 0 N–H and O–H groups in total. The summed E-state index contributed by atoms with van der Waals surface area (Å²) >= 11 is 6.13. The molecule has 0 aliphatic heterocycles. The molecule has 3 rings (SSSR count). The SMILES string of the molecule is Cc1ccnc2c1ccc1c(Cl)ccnc12. The van der Waals surface area contributed by atoms with Gasteiger partial charge in [0.1, 0.15) is 0 Å². The molecular formula is C13H9ClN2. The molecule has 0 atom stereocenters. The fourth-order valence-corrected chi connectivity index (χ4v) is 2.14. The van der Waals surface area contributed by atoms with E-state index >= 15 is 0 Å². The quantitative estimate of drug-likeness (QED) is 0.548. The van der Waals surface area contributed by atoms with Gasteiger partial charge in [-0.25, -0.2) is 0 Å². The molecule has 0 saturated carbocycles. The van der Waals surface area contributed by atoms with Gasteiger partial charge in [0.2, 0.25) is 0 Å². The summed E-state index contributed by atoms with van der Waals surface area (Å²) in [6, 6.07) is 7.85. The molecule has 0 aliphatic rings. The van der Waals surface area contributed by atoms with E-state index < -0.39 is 0 Å². The predicted molar refractivity (Wildman–Crippen MR) is 66.8 cm³/mol. The Balaban J connectivity index is 2.60. The minimum absolute atomic E-state index is 0.718. The summed E-state index contributed by atoms with van der Waals surface area (Å²) < 4.78 is 0. The Morgan fingerprint density at radius 1 is 0.875 bits per heavy atom. The van der Waals surface area contributed by atoms with Gasteiger partial charge < -0.3 is 0 Å². The van der Waals surface area contributed by atoms with Gasteiger partial charge >= 0.3 is 0 Å². The maximum atomic E-state index is 6.13. The number of halogens is 1. The van der Waals surface area contributed by atoms with Gasteiger partial charge in [-0.05, 0) is 24.6 Å². The summed E-state index contributed by atoms with van der Waals surface area (Å²) in [4.78, 5) is 8.75. The van der Waals surface area contributed by atoms with Gasteiger partial charge in [0.15, 0.2) is 0 Å². The Labute approximate surface area is 97.9 Å². The molecule has 0 spiro atoms. The maximum absolute atomic E-state index is 6.13. The molecule has 0 amide bonds. The second-order valence-electron chi connectivity index (χ2n) is 3.78. The molecule has 3 aromatic rings. The number of hydrogen-bond acceptors (Lipinski definition) is 2. The molecule has 1 aromatic carbocycles. The highest BCUT2D eigenvalue weighted by atomic mass is 35.5. The first-order chi connectivity index (χ1) is 7.77. The zero-order chi connectivity index (χ0) is 11.1. The molecule has 0 fully saturated rings. The molecule has 2 nitrogen and oxygen atoms in total. The highest BCUT2D eigenvalue weighted by molar-refractivity contribution is 6.36. The van der Waals surface area contributed by atoms with Gasteiger partial charge in [-0.1, -0.05) is 23.7 Å². The third-order valence-electron chi connectivity index (χ3n) is 2.79. The van der Waals surface area contributed by atoms with Crippen LogP contribution in [0.3, 0.4) is 0 Å². The molecule has 0 aliphatic carbocycles. The summed E-state index contributed by atoms with van der Waals surface area (Å²) in [5.74, 6) is 0. The van der Waals surface area contributed by atoms with E-state index in [4.69, 9.17) is 11.6 Å². The largest absolute Gasteiger partial charge is 0.254 e. The Hall–Kier alpha value is -1.67. The van der Waals surface area contributed by atoms with E-state index in [0.717, 1.165) is 26.8 Å². The van der Waals surface area contributed by atoms with Crippen LogP contribution in [0.4, 0.5) is 0 Å². The molecule has 3 heteroatoms. The number of hydrogen-bond donors (Lipinski definition) is 0. The van der Waals surface area contributed by atoms with Crippen LogP contribution in [-0.4, -0.2) is 9.97 Å². The third kappa shape index (κ3) is 1.27. The van der Waals surface area contributed by atoms with Crippen LogP contribution in [0.1, 0.15) is 5.56 Å². The smallest absolute Gasteiger partial charge is 0.0979 e. The van der Waals surface area contributed by atoms with Crippen molar-refractivity contribution in [1.29, 1.82) is 0 Å². The molecular weight excluding hydrogens is 220 g/mol. The molecule has 78 valence electrons. The lowest BCUT2D eigenvalue weighted by molar-refractivity contribution is 1.35. The lowest BCUT2D eigenvalue weighted by Crippen LogP contribution is -1.87. The van der Waals surface area contributed by atoms with E-state index in [2.05, 4.69) is 16.9 Å². The third-order valence-corrected chi connectivity index (χ3v) is 3.12. The number of pyridine rings is 2. The normalized spacial score (nSPS) is 11.1. The number of fused-ring (bicyclic) bond motifs is 3. The van der Waals surface area contributed by atoms with Gasteiger partial charge in [-0.2, -0.15) is 0 Å². The molecule has 0 radical (unpaired) electrons. The number of rotatable bonds is 0. The Morgan fingerprint density at radius 3 is 2.31 bits per heavy atom. The van der Waals surface area contributed by atoms with Crippen molar-refractivity contribution in [2.45, 2.75) is 6.92 Å². The number of aromatic nitrogens is 2. The number of nitrogens with zero attached hydrogens (tertiary/aromatic N) is 2. The Morgan fingerprint density at radius 2 is 1.50 bits per heavy atom. The monoisotopic (exact) mass is 228 g/mol. The topological polar surface area (TPSA) is 25.8 Å². The number of benzene rings is 1. The highest BCUT2D eigenvalue weighted by Crippen LogP contribution is 2.28. The lowest BCUT2D eigenvalue weighted by Gasteiger charge is -2.05. The van der Waals surface area contributed by atoms with Crippen molar-refractivity contribution in [1.82, 2.24) is 9.97 Å². The van der Waals surface area contributed by atoms with Crippen molar-refractivity contribution < 1.29 is 0 Å². The van der Waals surface area contributed by atoms with Crippen molar-refractivity contribution in [3.8, 4) is 0 Å². The minimum Gasteiger partial charge on any atom is -0.254 e. The number of aryl methyl sites for hydroxylation is 1. The van der Waals surface area contributed by atoms with E-state index in [1.807, 2.05) is 18.2 Å². The lowest BCUT2D eigenvalue weighted by atomic mass is 10.1. The fraction of sp³-hybridized carbons (Fsp3) is 0.0769. The van der Waals surface area contributed by atoms with Crippen molar-refractivity contribution in [2.75, 3.05) is 0 Å². The van der Waals surface area contributed by atoms with Gasteiger partial charge in [-0.15, -0.1) is 0 Å². The van der Waals surface area contributed by atoms with Crippen LogP contribution >= 0.6 is 11.6 Å². The first-order valence-electron chi connectivity index (χ1n) is 5.06. The van der Waals surface area contributed by atoms with Crippen molar-refractivity contribution in [2.24, 2.45) is 0 Å². The van der Waals surface area contributed by atoms with Crippen LogP contribution in [0, 0.1) is 6.92 Å². The predicted octanol–water partition coefficient (Wildman–Crippen LogP) is 3.74. The standard InChI is InChI=1S/C13H9ClN2/c1-8-4-6-15-12-9(8)2-3-10-11(14)5-7-16-13(10)12/h2-7H,1H3. The van der Waals surface area contributed by atoms with Crippen molar-refractivity contribution >= 4 is 33.4 Å². The van der Waals surface area contributed by atoms with E-state index in [9.17, 15) is 0 Å². The first kappa shape index (κ1) is 9.55. The minimum atomic E-state index is 0.718. The van der Waals surface area contributed by atoms with Crippen LogP contribution in [0.5, 0.6) is 0 Å². The average Bonchev–Trinajstić information content (AvgIpc) is 2.30. The second-order valence-corrected chi connectivity index (χ2v) is 4.19.